The van der Waals surface area contributed by atoms with E-state index in [1.165, 1.54) is 6.92 Å². The van der Waals surface area contributed by atoms with Gasteiger partial charge in [-0.2, -0.15) is 0 Å². The van der Waals surface area contributed by atoms with Crippen LogP contribution < -0.4 is 10.6 Å². The first-order valence-electron chi connectivity index (χ1n) is 9.03. The maximum absolute atomic E-state index is 11.5. The van der Waals surface area contributed by atoms with Gasteiger partial charge < -0.3 is 15.6 Å². The Balaban J connectivity index is 2.04. The molecule has 3 N–H and O–H groups in total. The third-order valence-electron chi connectivity index (χ3n) is 3.81. The smallest absolute Gasteiger partial charge is 0.176 e. The lowest BCUT2D eigenvalue weighted by atomic mass is 10.2. The van der Waals surface area contributed by atoms with Crippen LogP contribution in [-0.2, 0) is 0 Å². The highest BCUT2D eigenvalue weighted by molar-refractivity contribution is 5.97. The number of allylic oxidation sites excluding steroid dienone is 5. The van der Waals surface area contributed by atoms with Crippen LogP contribution in [0.2, 0.25) is 0 Å². The average Bonchev–Trinajstić information content (AvgIpc) is 3.03. The number of H-pyrrole nitrogens is 1. The van der Waals surface area contributed by atoms with Crippen LogP contribution in [0.1, 0.15) is 45.1 Å². The number of hydrogen-bond acceptors (Lipinski definition) is 4. The van der Waals surface area contributed by atoms with Crippen LogP contribution in [0.25, 0.3) is 11.0 Å². The summed E-state index contributed by atoms with van der Waals surface area (Å²) in [6.07, 6.45) is 9.40. The number of nitrogens with one attached hydrogen (secondary N) is 3. The molecule has 0 spiro atoms. The fourth-order valence-corrected chi connectivity index (χ4v) is 2.66. The second kappa shape index (κ2) is 9.50. The van der Waals surface area contributed by atoms with Crippen molar-refractivity contribution in [3.63, 3.8) is 0 Å². The van der Waals surface area contributed by atoms with Crippen molar-refractivity contribution >= 4 is 28.3 Å². The van der Waals surface area contributed by atoms with Gasteiger partial charge in [0.1, 0.15) is 11.5 Å². The predicted molar refractivity (Wildman–Crippen MR) is 117 cm³/mol. The van der Waals surface area contributed by atoms with E-state index in [0.29, 0.717) is 17.0 Å². The zero-order chi connectivity index (χ0) is 20.7. The minimum absolute atomic E-state index is 0.00974. The molecular weight excluding hydrogens is 350 g/mol. The largest absolute Gasteiger partial charge is 0.360 e. The second-order valence-electron chi connectivity index (χ2n) is 6.57. The van der Waals surface area contributed by atoms with Gasteiger partial charge in [-0.3, -0.25) is 4.79 Å². The molecule has 0 fully saturated rings. The van der Waals surface area contributed by atoms with E-state index in [-0.39, 0.29) is 5.78 Å². The number of nitrogens with zero attached hydrogens (tertiary/aromatic N) is 2. The second-order valence-corrected chi connectivity index (χ2v) is 6.57. The summed E-state index contributed by atoms with van der Waals surface area (Å²) < 4.78 is 0. The number of Topliss-reactive ketones (excluding diaryl/α,β-unsaturated/α-hetero) is 1. The van der Waals surface area contributed by atoms with Crippen LogP contribution >= 0.6 is 0 Å². The van der Waals surface area contributed by atoms with Crippen LogP contribution in [0.5, 0.6) is 0 Å². The Labute approximate surface area is 165 Å². The molecule has 0 radical (unpaired) electrons. The van der Waals surface area contributed by atoms with E-state index in [2.05, 4.69) is 32.2 Å². The maximum Gasteiger partial charge on any atom is 0.176 e. The van der Waals surface area contributed by atoms with Crippen LogP contribution in [-0.4, -0.2) is 21.6 Å². The van der Waals surface area contributed by atoms with E-state index in [9.17, 15) is 4.79 Å². The minimum atomic E-state index is -0.00974. The Kier molecular flexibility index (Phi) is 7.09. The van der Waals surface area contributed by atoms with Gasteiger partial charge in [0.25, 0.3) is 0 Å². The number of anilines is 1. The summed E-state index contributed by atoms with van der Waals surface area (Å²) in [5.41, 5.74) is 4.81. The van der Waals surface area contributed by atoms with Gasteiger partial charge in [-0.25, -0.2) is 9.98 Å². The molecule has 2 aromatic rings. The van der Waals surface area contributed by atoms with Gasteiger partial charge in [0.05, 0.1) is 23.3 Å². The number of aromatic amines is 1. The summed E-state index contributed by atoms with van der Waals surface area (Å²) >= 11 is 0. The van der Waals surface area contributed by atoms with Crippen molar-refractivity contribution in [3.8, 4) is 0 Å². The van der Waals surface area contributed by atoms with Crippen molar-refractivity contribution in [2.24, 2.45) is 4.99 Å². The number of amidine groups is 1. The van der Waals surface area contributed by atoms with E-state index in [1.807, 2.05) is 64.3 Å². The first-order valence-corrected chi connectivity index (χ1v) is 9.03. The molecule has 0 bridgehead atoms. The van der Waals surface area contributed by atoms with E-state index >= 15 is 0 Å². The highest BCUT2D eigenvalue weighted by Gasteiger charge is 2.06. The number of carbonyl (C=O) groups is 1. The van der Waals surface area contributed by atoms with Crippen molar-refractivity contribution in [2.75, 3.05) is 5.32 Å². The fraction of sp³-hybridized carbons (Fsp3) is 0.227. The molecule has 6 heteroatoms. The van der Waals surface area contributed by atoms with Gasteiger partial charge in [0.2, 0.25) is 0 Å². The number of fused-ring (bicyclic) bond motifs is 1. The Hall–Kier alpha value is -3.41. The number of pyridine rings is 1. The van der Waals surface area contributed by atoms with E-state index < -0.39 is 0 Å². The molecular formula is C22H27N5O. The Morgan fingerprint density at radius 1 is 1.25 bits per heavy atom. The summed E-state index contributed by atoms with van der Waals surface area (Å²) in [6, 6.07) is 3.76. The van der Waals surface area contributed by atoms with Gasteiger partial charge >= 0.3 is 0 Å². The zero-order valence-corrected chi connectivity index (χ0v) is 17.1. The lowest BCUT2D eigenvalue weighted by Gasteiger charge is -2.07. The topological polar surface area (TPSA) is 82.2 Å². The summed E-state index contributed by atoms with van der Waals surface area (Å²) in [5, 5.41) is 7.36. The average molecular weight is 377 g/mol. The molecule has 0 amide bonds. The predicted octanol–water partition coefficient (Wildman–Crippen LogP) is 5.08. The summed E-state index contributed by atoms with van der Waals surface area (Å²) in [5.74, 6) is 0.769. The summed E-state index contributed by atoms with van der Waals surface area (Å²) in [7, 11) is 0. The lowest BCUT2D eigenvalue weighted by Crippen LogP contribution is -2.18. The number of ketones is 1. The number of aliphatic imine (C=N–C) groups is 1. The Morgan fingerprint density at radius 2 is 2.00 bits per heavy atom. The molecule has 146 valence electrons. The molecule has 0 saturated heterocycles. The number of aromatic nitrogens is 2. The van der Waals surface area contributed by atoms with E-state index in [1.54, 1.807) is 6.20 Å². The number of carbonyl (C=O) groups excluding carboxylic acids is 1. The van der Waals surface area contributed by atoms with Crippen molar-refractivity contribution in [3.05, 3.63) is 72.0 Å². The monoisotopic (exact) mass is 377 g/mol. The molecule has 28 heavy (non-hydrogen) atoms. The van der Waals surface area contributed by atoms with Crippen molar-refractivity contribution in [1.82, 2.24) is 15.3 Å². The van der Waals surface area contributed by atoms with Crippen LogP contribution in [0.4, 0.5) is 5.69 Å². The van der Waals surface area contributed by atoms with E-state index in [0.717, 1.165) is 28.2 Å². The van der Waals surface area contributed by atoms with E-state index in [4.69, 9.17) is 0 Å². The summed E-state index contributed by atoms with van der Waals surface area (Å²) in [6.45, 7) is 13.2. The quantitative estimate of drug-likeness (QED) is 0.272. The Morgan fingerprint density at radius 3 is 2.68 bits per heavy atom. The SMILES string of the molecule is C=C(/C=C\C)N=C(C)N/C(C)=C/C(C)=C/Nc1cnc2[nH]c(C(C)=O)cc2c1. The maximum atomic E-state index is 11.5. The molecule has 0 saturated carbocycles. The van der Waals surface area contributed by atoms with Gasteiger partial charge in [-0.15, -0.1) is 0 Å². The standard InChI is InChI=1S/C22H27N5O/c1-7-8-15(3)25-18(6)26-16(4)9-14(2)12-23-20-10-19-11-21(17(5)28)27-22(19)24-13-20/h7-13,23H,3H2,1-2,4-6H3,(H,24,27)(H,25,26)/b8-7-,14-12+,16-9+. The number of rotatable bonds is 7. The number of hydrogen-bond donors (Lipinski definition) is 3. The Bertz CT molecular complexity index is 1010. The molecule has 0 atom stereocenters. The van der Waals surface area contributed by atoms with Crippen molar-refractivity contribution < 1.29 is 4.79 Å². The lowest BCUT2D eigenvalue weighted by molar-refractivity contribution is 0.101. The first-order chi connectivity index (χ1) is 13.3. The third-order valence-corrected chi connectivity index (χ3v) is 3.81. The highest BCUT2D eigenvalue weighted by Crippen LogP contribution is 2.18. The molecule has 2 heterocycles. The van der Waals surface area contributed by atoms with Crippen LogP contribution in [0.3, 0.4) is 0 Å². The normalized spacial score (nSPS) is 13.2. The van der Waals surface area contributed by atoms with Gasteiger partial charge in [0, 0.05) is 24.2 Å². The zero-order valence-electron chi connectivity index (χ0n) is 17.1. The van der Waals surface area contributed by atoms with Crippen LogP contribution in [0, 0.1) is 0 Å². The first kappa shape index (κ1) is 20.9. The molecule has 0 aliphatic rings. The molecule has 6 nitrogen and oxygen atoms in total. The van der Waals surface area contributed by atoms with Gasteiger partial charge in [-0.1, -0.05) is 12.7 Å². The van der Waals surface area contributed by atoms with Crippen molar-refractivity contribution in [1.29, 1.82) is 0 Å². The highest BCUT2D eigenvalue weighted by atomic mass is 16.1. The van der Waals surface area contributed by atoms with Gasteiger partial charge in [-0.05, 0) is 57.6 Å². The molecule has 0 aliphatic heterocycles. The fourth-order valence-electron chi connectivity index (χ4n) is 2.66. The van der Waals surface area contributed by atoms with Gasteiger partial charge in [0.15, 0.2) is 5.78 Å². The molecule has 0 unspecified atom stereocenters. The summed E-state index contributed by atoms with van der Waals surface area (Å²) in [4.78, 5) is 23.2. The minimum Gasteiger partial charge on any atom is -0.360 e. The molecule has 0 aromatic carbocycles. The third kappa shape index (κ3) is 6.09. The van der Waals surface area contributed by atoms with Crippen LogP contribution in [0.15, 0.2) is 71.3 Å². The molecule has 2 aromatic heterocycles. The van der Waals surface area contributed by atoms with Crippen molar-refractivity contribution in [2.45, 2.75) is 34.6 Å². The molecule has 2 rings (SSSR count). The molecule has 0 aliphatic carbocycles.